The summed E-state index contributed by atoms with van der Waals surface area (Å²) < 4.78 is 0. The minimum atomic E-state index is -1.01. The van der Waals surface area contributed by atoms with Crippen molar-refractivity contribution in [3.63, 3.8) is 0 Å². The Bertz CT molecular complexity index is 1270. The van der Waals surface area contributed by atoms with Crippen LogP contribution in [0.15, 0.2) is 60.7 Å². The second-order valence-electron chi connectivity index (χ2n) is 11.7. The molecule has 0 saturated heterocycles. The lowest BCUT2D eigenvalue weighted by Gasteiger charge is -2.26. The zero-order chi connectivity index (χ0) is 34.1. The summed E-state index contributed by atoms with van der Waals surface area (Å²) in [6.07, 6.45) is 3.40. The van der Waals surface area contributed by atoms with Crippen LogP contribution in [0.25, 0.3) is 0 Å². The van der Waals surface area contributed by atoms with Gasteiger partial charge in [-0.1, -0.05) is 74.5 Å². The Morgan fingerprint density at radius 1 is 0.696 bits per heavy atom. The zero-order valence-corrected chi connectivity index (χ0v) is 29.1. The number of thiol groups is 1. The highest BCUT2D eigenvalue weighted by Gasteiger charge is 2.30. The van der Waals surface area contributed by atoms with Gasteiger partial charge in [0.2, 0.25) is 23.6 Å². The topological polar surface area (TPSA) is 146 Å². The summed E-state index contributed by atoms with van der Waals surface area (Å²) in [6, 6.07) is 14.7. The van der Waals surface area contributed by atoms with Gasteiger partial charge in [0, 0.05) is 24.3 Å². The first-order chi connectivity index (χ1) is 22.0. The number of carbonyl (C=O) groups excluding carboxylic acids is 5. The Morgan fingerprint density at radius 2 is 1.22 bits per heavy atom. The van der Waals surface area contributed by atoms with E-state index in [1.165, 1.54) is 18.7 Å². The van der Waals surface area contributed by atoms with Crippen molar-refractivity contribution in [1.29, 1.82) is 0 Å². The molecule has 0 aliphatic heterocycles. The maximum absolute atomic E-state index is 13.4. The van der Waals surface area contributed by atoms with Crippen molar-refractivity contribution in [3.05, 3.63) is 71.8 Å². The quantitative estimate of drug-likeness (QED) is 0.119. The highest BCUT2D eigenvalue weighted by molar-refractivity contribution is 7.98. The zero-order valence-electron chi connectivity index (χ0n) is 27.4. The molecule has 0 fully saturated rings. The van der Waals surface area contributed by atoms with E-state index in [1.807, 2.05) is 74.5 Å². The lowest BCUT2D eigenvalue weighted by Crippen LogP contribution is -2.58. The minimum Gasteiger partial charge on any atom is -0.344 e. The van der Waals surface area contributed by atoms with Crippen LogP contribution in [0.5, 0.6) is 0 Å². The first kappa shape index (κ1) is 38.8. The third kappa shape index (κ3) is 13.6. The molecule has 2 rings (SSSR count). The van der Waals surface area contributed by atoms with E-state index >= 15 is 0 Å². The predicted octanol–water partition coefficient (Wildman–Crippen LogP) is 2.32. The minimum absolute atomic E-state index is 0.117. The molecule has 4 amide bonds. The van der Waals surface area contributed by atoms with Gasteiger partial charge in [0.1, 0.15) is 18.1 Å². The van der Waals surface area contributed by atoms with Crippen LogP contribution in [0.4, 0.5) is 0 Å². The van der Waals surface area contributed by atoms with Crippen molar-refractivity contribution in [2.24, 2.45) is 5.92 Å². The Kier molecular flexibility index (Phi) is 17.5. The molecule has 2 aromatic rings. The van der Waals surface area contributed by atoms with E-state index in [1.54, 1.807) is 13.3 Å². The lowest BCUT2D eigenvalue weighted by atomic mass is 10.0. The van der Waals surface area contributed by atoms with E-state index < -0.39 is 47.9 Å². The van der Waals surface area contributed by atoms with E-state index in [2.05, 4.69) is 39.2 Å². The second-order valence-corrected chi connectivity index (χ2v) is 12.9. The summed E-state index contributed by atoms with van der Waals surface area (Å²) in [5.41, 5.74) is 1.87. The fourth-order valence-electron chi connectivity index (χ4n) is 4.77. The summed E-state index contributed by atoms with van der Waals surface area (Å²) in [4.78, 5) is 65.8. The van der Waals surface area contributed by atoms with Crippen LogP contribution < -0.4 is 26.6 Å². The summed E-state index contributed by atoms with van der Waals surface area (Å²) in [6.45, 7) is 5.54. The normalized spacial score (nSPS) is 14.3. The number of likely N-dealkylation sites (N-methyl/N-ethyl adjacent to an activating group) is 1. The number of ketones is 1. The highest BCUT2D eigenvalue weighted by atomic mass is 32.2. The van der Waals surface area contributed by atoms with Crippen LogP contribution >= 0.6 is 24.4 Å². The Labute approximate surface area is 282 Å². The first-order valence-electron chi connectivity index (χ1n) is 15.6. The molecule has 0 aliphatic rings. The number of Topliss-reactive ketones (excluding diaryl/α,β-unsaturated/α-hetero) is 1. The molecule has 252 valence electrons. The smallest absolute Gasteiger partial charge is 0.244 e. The summed E-state index contributed by atoms with van der Waals surface area (Å²) in [5.74, 6) is -1.43. The van der Waals surface area contributed by atoms with Gasteiger partial charge in [0.15, 0.2) is 5.78 Å². The van der Waals surface area contributed by atoms with Crippen LogP contribution in [-0.2, 0) is 36.8 Å². The van der Waals surface area contributed by atoms with Crippen LogP contribution in [0.1, 0.15) is 44.7 Å². The predicted molar refractivity (Wildman–Crippen MR) is 188 cm³/mol. The fourth-order valence-corrected chi connectivity index (χ4v) is 5.63. The van der Waals surface area contributed by atoms with Gasteiger partial charge in [0.25, 0.3) is 0 Å². The van der Waals surface area contributed by atoms with Crippen molar-refractivity contribution in [1.82, 2.24) is 26.6 Å². The van der Waals surface area contributed by atoms with Gasteiger partial charge in [-0.05, 0) is 50.1 Å². The lowest BCUT2D eigenvalue weighted by molar-refractivity contribution is -0.134. The van der Waals surface area contributed by atoms with Crippen LogP contribution in [0, 0.1) is 5.92 Å². The van der Waals surface area contributed by atoms with Gasteiger partial charge in [-0.15, -0.1) is 0 Å². The molecule has 0 heterocycles. The average Bonchev–Trinajstić information content (AvgIpc) is 3.04. The maximum atomic E-state index is 13.4. The van der Waals surface area contributed by atoms with Crippen LogP contribution in [0.3, 0.4) is 0 Å². The number of rotatable bonds is 20. The number of aryl methyl sites for hydroxylation is 1. The molecule has 0 aliphatic carbocycles. The van der Waals surface area contributed by atoms with Crippen LogP contribution in [0.2, 0.25) is 0 Å². The van der Waals surface area contributed by atoms with Crippen molar-refractivity contribution in [2.45, 2.75) is 76.7 Å². The number of carbonyl (C=O) groups is 5. The van der Waals surface area contributed by atoms with Gasteiger partial charge in [-0.2, -0.15) is 24.4 Å². The molecular formula is C34H49N5O5S2. The third-order valence-electron chi connectivity index (χ3n) is 7.40. The van der Waals surface area contributed by atoms with Crippen LogP contribution in [-0.4, -0.2) is 84.4 Å². The van der Waals surface area contributed by atoms with E-state index in [9.17, 15) is 24.0 Å². The van der Waals surface area contributed by atoms with Crippen molar-refractivity contribution >= 4 is 53.8 Å². The molecule has 10 nitrogen and oxygen atoms in total. The van der Waals surface area contributed by atoms with Gasteiger partial charge in [-0.25, -0.2) is 0 Å². The number of amides is 4. The summed E-state index contributed by atoms with van der Waals surface area (Å²) in [7, 11) is 1.70. The van der Waals surface area contributed by atoms with Gasteiger partial charge in [0.05, 0.1) is 12.1 Å². The van der Waals surface area contributed by atoms with E-state index in [0.717, 1.165) is 11.1 Å². The molecule has 0 bridgehead atoms. The third-order valence-corrected chi connectivity index (χ3v) is 8.43. The first-order valence-corrected chi connectivity index (χ1v) is 17.6. The van der Waals surface area contributed by atoms with E-state index in [-0.39, 0.29) is 42.0 Å². The number of benzene rings is 2. The molecule has 5 N–H and O–H groups in total. The molecule has 5 atom stereocenters. The van der Waals surface area contributed by atoms with Crippen molar-refractivity contribution in [3.8, 4) is 0 Å². The second kappa shape index (κ2) is 20.7. The number of hydrogen-bond acceptors (Lipinski definition) is 8. The molecule has 46 heavy (non-hydrogen) atoms. The largest absolute Gasteiger partial charge is 0.344 e. The standard InChI is InChI=1S/C34H49N5O5S2/c1-22(2)18-26(35-4)32(42)37-27(19-25-14-10-7-11-15-25)33(43)36-23(3)31(41)39-29(21-46-5)34(44)38-28(20-45)30(40)17-16-24-12-8-6-9-13-24/h6-15,22-23,26-29,35,45H,16-21H2,1-5H3,(H,36,43)(H,37,42)(H,38,44)(H,39,41)/t23-,26-,27-,28-,29-/m0/s1. The molecule has 12 heteroatoms. The number of hydrogen-bond donors (Lipinski definition) is 6. The monoisotopic (exact) mass is 671 g/mol. The van der Waals surface area contributed by atoms with Gasteiger partial charge < -0.3 is 26.6 Å². The summed E-state index contributed by atoms with van der Waals surface area (Å²) >= 11 is 5.63. The van der Waals surface area contributed by atoms with Gasteiger partial charge >= 0.3 is 0 Å². The SMILES string of the molecule is CN[C@@H](CC(C)C)C(=O)N[C@@H](Cc1ccccc1)C(=O)N[C@@H](C)C(=O)N[C@@H](CSC)C(=O)N[C@@H](CS)C(=O)CCc1ccccc1. The highest BCUT2D eigenvalue weighted by Crippen LogP contribution is 2.09. The number of nitrogens with one attached hydrogen (secondary N) is 5. The van der Waals surface area contributed by atoms with Crippen molar-refractivity contribution < 1.29 is 24.0 Å². The van der Waals surface area contributed by atoms with Gasteiger partial charge in [-0.3, -0.25) is 24.0 Å². The molecule has 0 radical (unpaired) electrons. The molecule has 0 aromatic heterocycles. The van der Waals surface area contributed by atoms with Crippen molar-refractivity contribution in [2.75, 3.05) is 24.8 Å². The molecule has 0 spiro atoms. The maximum Gasteiger partial charge on any atom is 0.244 e. The molecule has 2 aromatic carbocycles. The Balaban J connectivity index is 2.05. The average molecular weight is 672 g/mol. The molecular weight excluding hydrogens is 623 g/mol. The van der Waals surface area contributed by atoms with E-state index in [0.29, 0.717) is 12.8 Å². The fraction of sp³-hybridized carbons (Fsp3) is 0.500. The van der Waals surface area contributed by atoms with E-state index in [4.69, 9.17) is 0 Å². The number of thioether (sulfide) groups is 1. The Morgan fingerprint density at radius 3 is 1.76 bits per heavy atom. The summed E-state index contributed by atoms with van der Waals surface area (Å²) in [5, 5.41) is 14.0. The molecule has 0 saturated carbocycles. The molecule has 0 unspecified atom stereocenters. The Hall–Kier alpha value is -3.35.